The van der Waals surface area contributed by atoms with Crippen LogP contribution in [0.25, 0.3) is 0 Å². The van der Waals surface area contributed by atoms with Crippen molar-refractivity contribution in [1.29, 1.82) is 0 Å². The van der Waals surface area contributed by atoms with Gasteiger partial charge in [0.15, 0.2) is 0 Å². The average molecular weight is 220 g/mol. The molecule has 2 rings (SSSR count). The van der Waals surface area contributed by atoms with Crippen LogP contribution in [0, 0.1) is 0 Å². The van der Waals surface area contributed by atoms with Crippen molar-refractivity contribution in [1.82, 2.24) is 0 Å². The number of aliphatic hydroxyl groups is 1. The van der Waals surface area contributed by atoms with Crippen LogP contribution in [-0.4, -0.2) is 24.3 Å². The molecule has 1 fully saturated rings. The molecule has 0 saturated carbocycles. The predicted octanol–water partition coefficient (Wildman–Crippen LogP) is 1.50. The van der Waals surface area contributed by atoms with E-state index in [0.29, 0.717) is 6.54 Å². The molecule has 1 atom stereocenters. The molecule has 1 aliphatic heterocycles. The van der Waals surface area contributed by atoms with Crippen molar-refractivity contribution in [3.05, 3.63) is 29.8 Å². The molecule has 0 spiro atoms. The Hall–Kier alpha value is -1.06. The zero-order chi connectivity index (χ0) is 11.4. The molecule has 1 unspecified atom stereocenters. The Morgan fingerprint density at radius 3 is 2.88 bits per heavy atom. The van der Waals surface area contributed by atoms with Crippen LogP contribution in [-0.2, 0) is 6.54 Å². The van der Waals surface area contributed by atoms with Gasteiger partial charge < -0.3 is 15.7 Å². The second-order valence-corrected chi connectivity index (χ2v) is 4.40. The Bertz CT molecular complexity index is 340. The average Bonchev–Trinajstić information content (AvgIpc) is 2.54. The van der Waals surface area contributed by atoms with Crippen molar-refractivity contribution < 1.29 is 5.11 Å². The molecule has 1 aromatic rings. The number of hydrogen-bond donors (Lipinski definition) is 2. The van der Waals surface area contributed by atoms with E-state index in [1.54, 1.807) is 0 Å². The monoisotopic (exact) mass is 220 g/mol. The molecule has 16 heavy (non-hydrogen) atoms. The summed E-state index contributed by atoms with van der Waals surface area (Å²) in [6.07, 6.45) is 2.70. The van der Waals surface area contributed by atoms with Crippen LogP contribution in [0.3, 0.4) is 0 Å². The van der Waals surface area contributed by atoms with E-state index in [2.05, 4.69) is 23.1 Å². The Morgan fingerprint density at radius 1 is 1.25 bits per heavy atom. The van der Waals surface area contributed by atoms with Crippen LogP contribution in [0.4, 0.5) is 5.69 Å². The summed E-state index contributed by atoms with van der Waals surface area (Å²) in [5.74, 6) is 0. The van der Waals surface area contributed by atoms with E-state index in [1.165, 1.54) is 11.3 Å². The van der Waals surface area contributed by atoms with Gasteiger partial charge in [0.05, 0.1) is 6.10 Å². The maximum absolute atomic E-state index is 9.63. The van der Waals surface area contributed by atoms with Crippen molar-refractivity contribution in [3.8, 4) is 0 Å². The number of rotatable bonds is 2. The number of nitrogens with zero attached hydrogens (tertiary/aromatic N) is 1. The molecule has 1 aliphatic rings. The number of aliphatic hydroxyl groups excluding tert-OH is 1. The van der Waals surface area contributed by atoms with Crippen LogP contribution in [0.5, 0.6) is 0 Å². The van der Waals surface area contributed by atoms with Crippen molar-refractivity contribution >= 4 is 5.69 Å². The van der Waals surface area contributed by atoms with Crippen molar-refractivity contribution in [2.24, 2.45) is 5.73 Å². The fraction of sp³-hybridized carbons (Fsp3) is 0.538. The Labute approximate surface area is 96.9 Å². The fourth-order valence-corrected chi connectivity index (χ4v) is 2.31. The van der Waals surface area contributed by atoms with Gasteiger partial charge in [-0.1, -0.05) is 18.2 Å². The molecule has 3 heteroatoms. The van der Waals surface area contributed by atoms with Gasteiger partial charge in [-0.25, -0.2) is 0 Å². The maximum Gasteiger partial charge on any atom is 0.0557 e. The minimum Gasteiger partial charge on any atom is -0.393 e. The van der Waals surface area contributed by atoms with E-state index >= 15 is 0 Å². The summed E-state index contributed by atoms with van der Waals surface area (Å²) >= 11 is 0. The minimum atomic E-state index is -0.130. The minimum absolute atomic E-state index is 0.130. The van der Waals surface area contributed by atoms with Gasteiger partial charge in [0, 0.05) is 25.3 Å². The van der Waals surface area contributed by atoms with Crippen LogP contribution in [0.2, 0.25) is 0 Å². The first-order valence-corrected chi connectivity index (χ1v) is 6.02. The van der Waals surface area contributed by atoms with Crippen LogP contribution < -0.4 is 10.6 Å². The predicted molar refractivity (Wildman–Crippen MR) is 66.4 cm³/mol. The molecular weight excluding hydrogens is 200 g/mol. The van der Waals surface area contributed by atoms with Gasteiger partial charge >= 0.3 is 0 Å². The zero-order valence-corrected chi connectivity index (χ0v) is 9.60. The second kappa shape index (κ2) is 5.32. The largest absolute Gasteiger partial charge is 0.393 e. The lowest BCUT2D eigenvalue weighted by molar-refractivity contribution is 0.161. The topological polar surface area (TPSA) is 49.5 Å². The third-order valence-electron chi connectivity index (χ3n) is 3.25. The quantitative estimate of drug-likeness (QED) is 0.794. The lowest BCUT2D eigenvalue weighted by Crippen LogP contribution is -2.26. The molecule has 0 bridgehead atoms. The normalized spacial score (nSPS) is 21.9. The molecule has 1 saturated heterocycles. The second-order valence-electron chi connectivity index (χ2n) is 4.40. The molecule has 0 radical (unpaired) electrons. The lowest BCUT2D eigenvalue weighted by atomic mass is 10.1. The summed E-state index contributed by atoms with van der Waals surface area (Å²) < 4.78 is 0. The third kappa shape index (κ3) is 2.54. The molecule has 88 valence electrons. The van der Waals surface area contributed by atoms with Crippen molar-refractivity contribution in [3.63, 3.8) is 0 Å². The van der Waals surface area contributed by atoms with Crippen LogP contribution in [0.15, 0.2) is 24.3 Å². The number of para-hydroxylation sites is 1. The Kier molecular flexibility index (Phi) is 3.80. The van der Waals surface area contributed by atoms with E-state index in [1.807, 2.05) is 6.07 Å². The van der Waals surface area contributed by atoms with Gasteiger partial charge in [0.25, 0.3) is 0 Å². The highest BCUT2D eigenvalue weighted by Gasteiger charge is 2.16. The molecule has 0 aromatic heterocycles. The summed E-state index contributed by atoms with van der Waals surface area (Å²) in [6.45, 7) is 2.53. The van der Waals surface area contributed by atoms with Crippen molar-refractivity contribution in [2.75, 3.05) is 18.0 Å². The van der Waals surface area contributed by atoms with Crippen molar-refractivity contribution in [2.45, 2.75) is 31.9 Å². The summed E-state index contributed by atoms with van der Waals surface area (Å²) in [4.78, 5) is 2.35. The van der Waals surface area contributed by atoms with E-state index in [-0.39, 0.29) is 6.10 Å². The molecule has 3 nitrogen and oxygen atoms in total. The first-order valence-electron chi connectivity index (χ1n) is 6.02. The highest BCUT2D eigenvalue weighted by atomic mass is 16.3. The first-order chi connectivity index (χ1) is 7.81. The van der Waals surface area contributed by atoms with Crippen LogP contribution >= 0.6 is 0 Å². The Morgan fingerprint density at radius 2 is 2.06 bits per heavy atom. The maximum atomic E-state index is 9.63. The van der Waals surface area contributed by atoms with Gasteiger partial charge in [0.2, 0.25) is 0 Å². The SMILES string of the molecule is NCc1ccccc1N1CCCC(O)CC1. The highest BCUT2D eigenvalue weighted by molar-refractivity contribution is 5.53. The summed E-state index contributed by atoms with van der Waals surface area (Å²) in [5.41, 5.74) is 8.18. The van der Waals surface area contributed by atoms with Gasteiger partial charge in [-0.3, -0.25) is 0 Å². The van der Waals surface area contributed by atoms with Gasteiger partial charge in [0.1, 0.15) is 0 Å². The molecule has 3 N–H and O–H groups in total. The van der Waals surface area contributed by atoms with E-state index < -0.39 is 0 Å². The van der Waals surface area contributed by atoms with E-state index in [4.69, 9.17) is 5.73 Å². The standard InChI is InChI=1S/C13H20N2O/c14-10-11-4-1-2-6-13(11)15-8-3-5-12(16)7-9-15/h1-2,4,6,12,16H,3,5,7-10,14H2. The number of benzene rings is 1. The smallest absolute Gasteiger partial charge is 0.0557 e. The van der Waals surface area contributed by atoms with Gasteiger partial charge in [-0.2, -0.15) is 0 Å². The number of nitrogens with two attached hydrogens (primary N) is 1. The molecular formula is C13H20N2O. The van der Waals surface area contributed by atoms with Crippen LogP contribution in [0.1, 0.15) is 24.8 Å². The third-order valence-corrected chi connectivity index (χ3v) is 3.25. The highest BCUT2D eigenvalue weighted by Crippen LogP contribution is 2.23. The van der Waals surface area contributed by atoms with E-state index in [9.17, 15) is 5.11 Å². The molecule has 1 heterocycles. The molecule has 0 amide bonds. The number of anilines is 1. The first kappa shape index (κ1) is 11.4. The fourth-order valence-electron chi connectivity index (χ4n) is 2.31. The lowest BCUT2D eigenvalue weighted by Gasteiger charge is -2.25. The van der Waals surface area contributed by atoms with Gasteiger partial charge in [-0.05, 0) is 30.9 Å². The summed E-state index contributed by atoms with van der Waals surface area (Å²) in [6, 6.07) is 8.28. The van der Waals surface area contributed by atoms with Gasteiger partial charge in [-0.15, -0.1) is 0 Å². The zero-order valence-electron chi connectivity index (χ0n) is 9.60. The molecule has 1 aromatic carbocycles. The summed E-state index contributed by atoms with van der Waals surface area (Å²) in [7, 11) is 0. The Balaban J connectivity index is 2.16. The van der Waals surface area contributed by atoms with E-state index in [0.717, 1.165) is 32.4 Å². The summed E-state index contributed by atoms with van der Waals surface area (Å²) in [5, 5.41) is 9.63. The molecule has 0 aliphatic carbocycles. The number of hydrogen-bond acceptors (Lipinski definition) is 3.